The maximum Gasteiger partial charge on any atom is 0.204 e. The zero-order valence-electron chi connectivity index (χ0n) is 10.9. The zero-order chi connectivity index (χ0) is 13.8. The third kappa shape index (κ3) is 2.64. The predicted octanol–water partition coefficient (Wildman–Crippen LogP) is 1.67. The summed E-state index contributed by atoms with van der Waals surface area (Å²) in [4.78, 5) is 1.53. The highest BCUT2D eigenvalue weighted by Gasteiger charge is 2.11. The fourth-order valence-electron chi connectivity index (χ4n) is 1.75. The Kier molecular flexibility index (Phi) is 3.64. The van der Waals surface area contributed by atoms with Crippen molar-refractivity contribution in [3.05, 3.63) is 36.0 Å². The van der Waals surface area contributed by atoms with Gasteiger partial charge in [0.25, 0.3) is 0 Å². The number of hydrogen-bond donors (Lipinski definition) is 1. The summed E-state index contributed by atoms with van der Waals surface area (Å²) in [5.41, 5.74) is 1.77. The van der Waals surface area contributed by atoms with Crippen molar-refractivity contribution in [3.63, 3.8) is 0 Å². The van der Waals surface area contributed by atoms with Crippen LogP contribution in [0.4, 0.5) is 5.00 Å². The number of aromatic nitrogens is 6. The first-order valence-corrected chi connectivity index (χ1v) is 7.02. The Morgan fingerprint density at radius 3 is 2.85 bits per heavy atom. The lowest BCUT2D eigenvalue weighted by Crippen LogP contribution is -2.07. The van der Waals surface area contributed by atoms with E-state index in [0.717, 1.165) is 22.8 Å². The number of benzene rings is 1. The molecule has 2 aromatic heterocycles. The largest absolute Gasteiger partial charge is 0.374 e. The Morgan fingerprint density at radius 2 is 2.05 bits per heavy atom. The molecule has 0 aliphatic heterocycles. The molecule has 3 aromatic rings. The number of nitrogens with one attached hydrogen (secondary N) is 1. The molecule has 102 valence electrons. The molecule has 2 heterocycles. The molecule has 8 heteroatoms. The lowest BCUT2D eigenvalue weighted by atomic mass is 10.2. The Bertz CT molecular complexity index is 676. The second kappa shape index (κ2) is 5.74. The van der Waals surface area contributed by atoms with E-state index in [0.29, 0.717) is 12.4 Å². The van der Waals surface area contributed by atoms with Crippen molar-refractivity contribution in [1.29, 1.82) is 0 Å². The lowest BCUT2D eigenvalue weighted by Gasteiger charge is -2.00. The lowest BCUT2D eigenvalue weighted by molar-refractivity contribution is 0.564. The van der Waals surface area contributed by atoms with Crippen molar-refractivity contribution in [2.24, 2.45) is 0 Å². The maximum absolute atomic E-state index is 4.36. The fourth-order valence-corrected chi connectivity index (χ4v) is 2.39. The number of tetrazole rings is 1. The summed E-state index contributed by atoms with van der Waals surface area (Å²) in [6.45, 7) is 3.32. The first-order chi connectivity index (χ1) is 9.86. The van der Waals surface area contributed by atoms with E-state index < -0.39 is 0 Å². The van der Waals surface area contributed by atoms with Crippen LogP contribution in [-0.4, -0.2) is 36.3 Å². The summed E-state index contributed by atoms with van der Waals surface area (Å²) < 4.78 is 3.94. The van der Waals surface area contributed by atoms with Gasteiger partial charge in [0.2, 0.25) is 5.82 Å². The highest BCUT2D eigenvalue weighted by atomic mass is 32.1. The van der Waals surface area contributed by atoms with E-state index in [1.54, 1.807) is 0 Å². The van der Waals surface area contributed by atoms with Crippen molar-refractivity contribution in [1.82, 2.24) is 29.8 Å². The van der Waals surface area contributed by atoms with Crippen LogP contribution >= 0.6 is 11.5 Å². The highest BCUT2D eigenvalue weighted by Crippen LogP contribution is 2.18. The van der Waals surface area contributed by atoms with E-state index in [2.05, 4.69) is 30.3 Å². The molecule has 0 saturated carbocycles. The van der Waals surface area contributed by atoms with E-state index in [1.807, 2.05) is 37.3 Å². The number of nitrogens with zero attached hydrogens (tertiary/aromatic N) is 6. The molecule has 1 N–H and O–H groups in total. The van der Waals surface area contributed by atoms with Crippen molar-refractivity contribution in [2.45, 2.75) is 13.5 Å². The number of anilines is 1. The molecule has 0 saturated heterocycles. The summed E-state index contributed by atoms with van der Waals surface area (Å²) in [7, 11) is 0. The predicted molar refractivity (Wildman–Crippen MR) is 76.4 cm³/mol. The molecule has 0 amide bonds. The molecule has 1 aromatic carbocycles. The molecule has 0 radical (unpaired) electrons. The fraction of sp³-hybridized carbons (Fsp3) is 0.250. The van der Waals surface area contributed by atoms with Crippen molar-refractivity contribution < 1.29 is 0 Å². The summed E-state index contributed by atoms with van der Waals surface area (Å²) >= 11 is 1.34. The van der Waals surface area contributed by atoms with Gasteiger partial charge in [0.1, 0.15) is 17.2 Å². The molecular weight excluding hydrogens is 274 g/mol. The van der Waals surface area contributed by atoms with Gasteiger partial charge in [0.15, 0.2) is 0 Å². The SMILES string of the molecule is CCNc1snnc1Cn1nnc(-c2ccccc2)n1. The van der Waals surface area contributed by atoms with Crippen molar-refractivity contribution in [3.8, 4) is 11.4 Å². The van der Waals surface area contributed by atoms with Gasteiger partial charge in [-0.25, -0.2) is 0 Å². The summed E-state index contributed by atoms with van der Waals surface area (Å²) in [6.07, 6.45) is 0. The van der Waals surface area contributed by atoms with E-state index in [4.69, 9.17) is 0 Å². The van der Waals surface area contributed by atoms with Gasteiger partial charge in [-0.05, 0) is 12.1 Å². The van der Waals surface area contributed by atoms with Crippen molar-refractivity contribution >= 4 is 16.5 Å². The summed E-state index contributed by atoms with van der Waals surface area (Å²) in [5, 5.41) is 20.7. The normalized spacial score (nSPS) is 10.7. The zero-order valence-corrected chi connectivity index (χ0v) is 11.7. The van der Waals surface area contributed by atoms with Gasteiger partial charge in [0, 0.05) is 23.6 Å². The van der Waals surface area contributed by atoms with Crippen LogP contribution in [0.5, 0.6) is 0 Å². The minimum atomic E-state index is 0.457. The van der Waals surface area contributed by atoms with Gasteiger partial charge in [-0.3, -0.25) is 0 Å². The Balaban J connectivity index is 1.79. The van der Waals surface area contributed by atoms with Crippen LogP contribution in [0, 0.1) is 0 Å². The molecule has 0 spiro atoms. The third-order valence-electron chi connectivity index (χ3n) is 2.67. The smallest absolute Gasteiger partial charge is 0.204 e. The highest BCUT2D eigenvalue weighted by molar-refractivity contribution is 7.10. The van der Waals surface area contributed by atoms with Crippen LogP contribution in [0.25, 0.3) is 11.4 Å². The topological polar surface area (TPSA) is 81.4 Å². The molecule has 0 fully saturated rings. The quantitative estimate of drug-likeness (QED) is 0.768. The molecule has 0 aliphatic carbocycles. The third-order valence-corrected chi connectivity index (χ3v) is 3.39. The van der Waals surface area contributed by atoms with Gasteiger partial charge >= 0.3 is 0 Å². The van der Waals surface area contributed by atoms with Crippen LogP contribution in [0.1, 0.15) is 12.6 Å². The molecule has 20 heavy (non-hydrogen) atoms. The minimum absolute atomic E-state index is 0.457. The van der Waals surface area contributed by atoms with Gasteiger partial charge in [-0.2, -0.15) is 4.80 Å². The molecule has 3 rings (SSSR count). The molecule has 0 unspecified atom stereocenters. The Morgan fingerprint density at radius 1 is 1.20 bits per heavy atom. The van der Waals surface area contributed by atoms with Crippen LogP contribution in [0.2, 0.25) is 0 Å². The van der Waals surface area contributed by atoms with Gasteiger partial charge < -0.3 is 5.32 Å². The van der Waals surface area contributed by atoms with Crippen LogP contribution in [0.15, 0.2) is 30.3 Å². The second-order valence-electron chi connectivity index (χ2n) is 4.09. The number of rotatable bonds is 5. The summed E-state index contributed by atoms with van der Waals surface area (Å²) in [5.74, 6) is 0.610. The van der Waals surface area contributed by atoms with Crippen LogP contribution < -0.4 is 5.32 Å². The van der Waals surface area contributed by atoms with Crippen LogP contribution in [0.3, 0.4) is 0 Å². The molecule has 0 bridgehead atoms. The first-order valence-electron chi connectivity index (χ1n) is 6.25. The van der Waals surface area contributed by atoms with Crippen LogP contribution in [-0.2, 0) is 6.54 Å². The maximum atomic E-state index is 4.36. The van der Waals surface area contributed by atoms with Gasteiger partial charge in [-0.1, -0.05) is 34.8 Å². The van der Waals surface area contributed by atoms with E-state index in [1.165, 1.54) is 16.3 Å². The average molecular weight is 287 g/mol. The Labute approximate surface area is 119 Å². The van der Waals surface area contributed by atoms with E-state index in [-0.39, 0.29) is 0 Å². The Hall–Kier alpha value is -2.35. The second-order valence-corrected chi connectivity index (χ2v) is 4.84. The van der Waals surface area contributed by atoms with Gasteiger partial charge in [-0.15, -0.1) is 15.3 Å². The molecule has 0 atom stereocenters. The first kappa shape index (κ1) is 12.7. The van der Waals surface area contributed by atoms with Gasteiger partial charge in [0.05, 0.1) is 0 Å². The van der Waals surface area contributed by atoms with Crippen molar-refractivity contribution in [2.75, 3.05) is 11.9 Å². The molecule has 7 nitrogen and oxygen atoms in total. The standard InChI is InChI=1S/C12H13N7S/c1-2-13-12-10(14-18-20-12)8-19-16-11(15-17-19)9-6-4-3-5-7-9/h3-7,13H,2,8H2,1H3. The minimum Gasteiger partial charge on any atom is -0.374 e. The van der Waals surface area contributed by atoms with E-state index in [9.17, 15) is 0 Å². The average Bonchev–Trinajstić information content (AvgIpc) is 3.11. The molecule has 0 aliphatic rings. The van der Waals surface area contributed by atoms with E-state index >= 15 is 0 Å². The summed E-state index contributed by atoms with van der Waals surface area (Å²) in [6, 6.07) is 9.76. The molecular formula is C12H13N7S. The monoisotopic (exact) mass is 287 g/mol. The number of hydrogen-bond acceptors (Lipinski definition) is 7.